The van der Waals surface area contributed by atoms with Crippen LogP contribution in [-0.2, 0) is 0 Å². The first-order chi connectivity index (χ1) is 8.47. The van der Waals surface area contributed by atoms with Crippen molar-refractivity contribution in [2.75, 3.05) is 53.4 Å². The lowest BCUT2D eigenvalue weighted by molar-refractivity contribution is 0.156. The van der Waals surface area contributed by atoms with E-state index in [4.69, 9.17) is 0 Å². The van der Waals surface area contributed by atoms with E-state index in [-0.39, 0.29) is 0 Å². The first-order valence-corrected chi connectivity index (χ1v) is 7.55. The summed E-state index contributed by atoms with van der Waals surface area (Å²) in [5, 5.41) is 3.51. The van der Waals surface area contributed by atoms with Crippen molar-refractivity contribution >= 4 is 0 Å². The highest BCUT2D eigenvalue weighted by Crippen LogP contribution is 2.21. The van der Waals surface area contributed by atoms with Gasteiger partial charge in [0.2, 0.25) is 0 Å². The Morgan fingerprint density at radius 2 is 1.72 bits per heavy atom. The predicted octanol–water partition coefficient (Wildman–Crippen LogP) is 2.29. The maximum absolute atomic E-state index is 3.51. The highest BCUT2D eigenvalue weighted by Gasteiger charge is 2.24. The van der Waals surface area contributed by atoms with Crippen molar-refractivity contribution in [2.45, 2.75) is 40.5 Å². The van der Waals surface area contributed by atoms with Gasteiger partial charge >= 0.3 is 0 Å². The molecule has 18 heavy (non-hydrogen) atoms. The standard InChI is InChI=1S/C15H35N3/c1-7-15(4,13-16-8-2)14-18(9-3)12-10-11-17(5)6/h16H,7-14H2,1-6H3. The zero-order chi connectivity index (χ0) is 14.0. The molecule has 3 heteroatoms. The van der Waals surface area contributed by atoms with Gasteiger partial charge in [-0.2, -0.15) is 0 Å². The van der Waals surface area contributed by atoms with Crippen LogP contribution in [0, 0.1) is 5.41 Å². The van der Waals surface area contributed by atoms with Crippen molar-refractivity contribution in [2.24, 2.45) is 5.41 Å². The molecule has 0 aliphatic rings. The van der Waals surface area contributed by atoms with Crippen molar-refractivity contribution in [1.82, 2.24) is 15.1 Å². The minimum absolute atomic E-state index is 0.407. The molecule has 3 nitrogen and oxygen atoms in total. The van der Waals surface area contributed by atoms with Crippen LogP contribution in [0.3, 0.4) is 0 Å². The van der Waals surface area contributed by atoms with Gasteiger partial charge in [-0.15, -0.1) is 0 Å². The quantitative estimate of drug-likeness (QED) is 0.613. The third-order valence-corrected chi connectivity index (χ3v) is 3.79. The molecule has 0 saturated heterocycles. The summed E-state index contributed by atoms with van der Waals surface area (Å²) < 4.78 is 0. The summed E-state index contributed by atoms with van der Waals surface area (Å²) in [4.78, 5) is 4.87. The van der Waals surface area contributed by atoms with Crippen LogP contribution in [0.1, 0.15) is 40.5 Å². The molecule has 0 aliphatic heterocycles. The monoisotopic (exact) mass is 257 g/mol. The van der Waals surface area contributed by atoms with Crippen LogP contribution in [0.2, 0.25) is 0 Å². The van der Waals surface area contributed by atoms with Crippen LogP contribution in [0.15, 0.2) is 0 Å². The summed E-state index contributed by atoms with van der Waals surface area (Å²) in [7, 11) is 4.30. The molecule has 0 aromatic rings. The highest BCUT2D eigenvalue weighted by molar-refractivity contribution is 4.79. The van der Waals surface area contributed by atoms with Crippen molar-refractivity contribution in [3.63, 3.8) is 0 Å². The predicted molar refractivity (Wildman–Crippen MR) is 82.2 cm³/mol. The van der Waals surface area contributed by atoms with Crippen LogP contribution >= 0.6 is 0 Å². The number of hydrogen-bond donors (Lipinski definition) is 1. The van der Waals surface area contributed by atoms with Gasteiger partial charge in [-0.1, -0.05) is 27.7 Å². The molecular formula is C15H35N3. The third-order valence-electron chi connectivity index (χ3n) is 3.79. The van der Waals surface area contributed by atoms with Crippen molar-refractivity contribution < 1.29 is 0 Å². The number of rotatable bonds is 11. The van der Waals surface area contributed by atoms with Crippen LogP contribution < -0.4 is 5.32 Å². The van der Waals surface area contributed by atoms with Gasteiger partial charge in [0, 0.05) is 13.1 Å². The normalized spacial score (nSPS) is 15.3. The molecule has 0 bridgehead atoms. The van der Waals surface area contributed by atoms with Crippen molar-refractivity contribution in [1.29, 1.82) is 0 Å². The average molecular weight is 257 g/mol. The second-order valence-electron chi connectivity index (χ2n) is 5.97. The second kappa shape index (κ2) is 9.76. The zero-order valence-electron chi connectivity index (χ0n) is 13.6. The van der Waals surface area contributed by atoms with Crippen LogP contribution in [0.25, 0.3) is 0 Å². The maximum atomic E-state index is 3.51. The minimum Gasteiger partial charge on any atom is -0.316 e. The number of nitrogens with one attached hydrogen (secondary N) is 1. The smallest absolute Gasteiger partial charge is 0.00473 e. The van der Waals surface area contributed by atoms with E-state index >= 15 is 0 Å². The van der Waals surface area contributed by atoms with Gasteiger partial charge in [0.05, 0.1) is 0 Å². The van der Waals surface area contributed by atoms with Crippen LogP contribution in [0.5, 0.6) is 0 Å². The van der Waals surface area contributed by atoms with E-state index in [1.165, 1.54) is 32.5 Å². The Labute approximate surface area is 115 Å². The maximum Gasteiger partial charge on any atom is 0.00473 e. The third kappa shape index (κ3) is 8.06. The van der Waals surface area contributed by atoms with Gasteiger partial charge in [-0.3, -0.25) is 0 Å². The molecule has 0 radical (unpaired) electrons. The molecule has 0 aromatic heterocycles. The summed E-state index contributed by atoms with van der Waals surface area (Å²) >= 11 is 0. The van der Waals surface area contributed by atoms with Gasteiger partial charge < -0.3 is 15.1 Å². The van der Waals surface area contributed by atoms with Gasteiger partial charge in [-0.25, -0.2) is 0 Å². The zero-order valence-corrected chi connectivity index (χ0v) is 13.6. The Morgan fingerprint density at radius 1 is 1.06 bits per heavy atom. The van der Waals surface area contributed by atoms with E-state index in [0.717, 1.165) is 19.6 Å². The summed E-state index contributed by atoms with van der Waals surface area (Å²) in [6.07, 6.45) is 2.51. The van der Waals surface area contributed by atoms with Crippen LogP contribution in [0.4, 0.5) is 0 Å². The fourth-order valence-corrected chi connectivity index (χ4v) is 2.22. The van der Waals surface area contributed by atoms with E-state index in [9.17, 15) is 0 Å². The van der Waals surface area contributed by atoms with Gasteiger partial charge in [-0.05, 0) is 58.5 Å². The molecule has 0 spiro atoms. The van der Waals surface area contributed by atoms with E-state index in [2.05, 4.69) is 56.9 Å². The van der Waals surface area contributed by atoms with Gasteiger partial charge in [0.1, 0.15) is 0 Å². The summed E-state index contributed by atoms with van der Waals surface area (Å²) in [6, 6.07) is 0. The largest absolute Gasteiger partial charge is 0.316 e. The van der Waals surface area contributed by atoms with E-state index in [0.29, 0.717) is 5.41 Å². The van der Waals surface area contributed by atoms with Crippen molar-refractivity contribution in [3.05, 3.63) is 0 Å². The van der Waals surface area contributed by atoms with Gasteiger partial charge in [0.25, 0.3) is 0 Å². The molecule has 0 aromatic carbocycles. The summed E-state index contributed by atoms with van der Waals surface area (Å²) in [6.45, 7) is 16.2. The van der Waals surface area contributed by atoms with E-state index in [1.54, 1.807) is 0 Å². The van der Waals surface area contributed by atoms with Crippen LogP contribution in [-0.4, -0.2) is 63.2 Å². The molecule has 0 rings (SSSR count). The molecule has 0 amide bonds. The molecule has 0 aliphatic carbocycles. The van der Waals surface area contributed by atoms with E-state index in [1.807, 2.05) is 0 Å². The molecule has 0 saturated carbocycles. The molecular weight excluding hydrogens is 222 g/mol. The Hall–Kier alpha value is -0.120. The minimum atomic E-state index is 0.407. The fourth-order valence-electron chi connectivity index (χ4n) is 2.22. The number of hydrogen-bond acceptors (Lipinski definition) is 3. The lowest BCUT2D eigenvalue weighted by Crippen LogP contribution is -2.42. The summed E-state index contributed by atoms with van der Waals surface area (Å²) in [5.41, 5.74) is 0.407. The molecule has 1 atom stereocenters. The molecule has 1 N–H and O–H groups in total. The average Bonchev–Trinajstić information content (AvgIpc) is 2.34. The van der Waals surface area contributed by atoms with Crippen molar-refractivity contribution in [3.8, 4) is 0 Å². The van der Waals surface area contributed by atoms with E-state index < -0.39 is 0 Å². The first-order valence-electron chi connectivity index (χ1n) is 7.55. The lowest BCUT2D eigenvalue weighted by Gasteiger charge is -2.35. The molecule has 110 valence electrons. The Balaban J connectivity index is 4.12. The topological polar surface area (TPSA) is 18.5 Å². The fraction of sp³-hybridized carbons (Fsp3) is 1.00. The highest BCUT2D eigenvalue weighted by atomic mass is 15.1. The second-order valence-corrected chi connectivity index (χ2v) is 5.97. The number of nitrogens with zero attached hydrogens (tertiary/aromatic N) is 2. The lowest BCUT2D eigenvalue weighted by atomic mass is 9.86. The Kier molecular flexibility index (Phi) is 9.70. The first kappa shape index (κ1) is 17.9. The molecule has 0 heterocycles. The molecule has 1 unspecified atom stereocenters. The molecule has 0 fully saturated rings. The SMILES string of the molecule is CCNCC(C)(CC)CN(CC)CCCN(C)C. The van der Waals surface area contributed by atoms with Gasteiger partial charge in [0.15, 0.2) is 0 Å². The Morgan fingerprint density at radius 3 is 2.17 bits per heavy atom. The Bertz CT molecular complexity index is 194. The summed E-state index contributed by atoms with van der Waals surface area (Å²) in [5.74, 6) is 0.